The lowest BCUT2D eigenvalue weighted by molar-refractivity contribution is -0.384. The maximum absolute atomic E-state index is 13.3. The first-order chi connectivity index (χ1) is 15.0. The Labute approximate surface area is 181 Å². The number of non-ortho nitro benzene ring substituents is 1. The number of ketones is 1. The van der Waals surface area contributed by atoms with Crippen molar-refractivity contribution in [1.82, 2.24) is 9.55 Å². The highest BCUT2D eigenvalue weighted by atomic mass is 32.2. The fourth-order valence-electron chi connectivity index (χ4n) is 3.24. The number of aromatic nitrogens is 2. The summed E-state index contributed by atoms with van der Waals surface area (Å²) in [6.45, 7) is 1.90. The van der Waals surface area contributed by atoms with Crippen molar-refractivity contribution in [2.24, 2.45) is 0 Å². The second-order valence-electron chi connectivity index (χ2n) is 6.86. The predicted octanol–water partition coefficient (Wildman–Crippen LogP) is 4.58. The lowest BCUT2D eigenvalue weighted by atomic mass is 10.1. The summed E-state index contributed by atoms with van der Waals surface area (Å²) in [6.07, 6.45) is 0. The van der Waals surface area contributed by atoms with Gasteiger partial charge in [-0.1, -0.05) is 54.2 Å². The summed E-state index contributed by atoms with van der Waals surface area (Å²) in [6, 6.07) is 20.1. The van der Waals surface area contributed by atoms with Crippen LogP contribution >= 0.6 is 11.8 Å². The van der Waals surface area contributed by atoms with E-state index in [1.54, 1.807) is 24.3 Å². The van der Waals surface area contributed by atoms with Crippen molar-refractivity contribution in [3.63, 3.8) is 0 Å². The molecule has 0 radical (unpaired) electrons. The van der Waals surface area contributed by atoms with E-state index in [9.17, 15) is 19.7 Å². The minimum atomic E-state index is -0.537. The standard InChI is InChI=1S/C23H17N3O4S/c1-15-7-2-5-12-20(15)25-22(28)18-10-3-4-11-19(18)24-23(25)31-14-21(27)16-8-6-9-17(13-16)26(29)30/h2-13H,14H2,1H3. The summed E-state index contributed by atoms with van der Waals surface area (Å²) >= 11 is 1.13. The van der Waals surface area contributed by atoms with Crippen LogP contribution in [0.5, 0.6) is 0 Å². The van der Waals surface area contributed by atoms with Crippen molar-refractivity contribution >= 4 is 34.1 Å². The summed E-state index contributed by atoms with van der Waals surface area (Å²) in [5.74, 6) is -0.301. The summed E-state index contributed by atoms with van der Waals surface area (Å²) in [5, 5.41) is 11.9. The van der Waals surface area contributed by atoms with E-state index in [1.807, 2.05) is 31.2 Å². The Hall–Kier alpha value is -3.78. The van der Waals surface area contributed by atoms with Gasteiger partial charge in [0.15, 0.2) is 10.9 Å². The number of fused-ring (bicyclic) bond motifs is 1. The number of hydrogen-bond donors (Lipinski definition) is 0. The van der Waals surface area contributed by atoms with Crippen LogP contribution < -0.4 is 5.56 Å². The Morgan fingerprint density at radius 2 is 1.81 bits per heavy atom. The molecule has 7 nitrogen and oxygen atoms in total. The Morgan fingerprint density at radius 3 is 2.58 bits per heavy atom. The van der Waals surface area contributed by atoms with E-state index >= 15 is 0 Å². The summed E-state index contributed by atoms with van der Waals surface area (Å²) in [5.41, 5.74) is 2.01. The van der Waals surface area contributed by atoms with Gasteiger partial charge in [-0.2, -0.15) is 0 Å². The van der Waals surface area contributed by atoms with Crippen molar-refractivity contribution in [2.75, 3.05) is 5.75 Å². The predicted molar refractivity (Wildman–Crippen MR) is 120 cm³/mol. The van der Waals surface area contributed by atoms with Crippen LogP contribution in [0.4, 0.5) is 5.69 Å². The van der Waals surface area contributed by atoms with Gasteiger partial charge in [0.05, 0.1) is 27.3 Å². The number of hydrogen-bond acceptors (Lipinski definition) is 6. The van der Waals surface area contributed by atoms with Gasteiger partial charge in [-0.3, -0.25) is 24.3 Å². The zero-order valence-corrected chi connectivity index (χ0v) is 17.3. The van der Waals surface area contributed by atoms with Crippen LogP contribution in [0, 0.1) is 17.0 Å². The fraction of sp³-hybridized carbons (Fsp3) is 0.0870. The van der Waals surface area contributed by atoms with Crippen molar-refractivity contribution in [2.45, 2.75) is 12.1 Å². The number of nitro groups is 1. The molecule has 0 unspecified atom stereocenters. The highest BCUT2D eigenvalue weighted by molar-refractivity contribution is 7.99. The van der Waals surface area contributed by atoms with E-state index in [4.69, 9.17) is 0 Å². The van der Waals surface area contributed by atoms with Crippen molar-refractivity contribution in [3.8, 4) is 5.69 Å². The highest BCUT2D eigenvalue weighted by Crippen LogP contribution is 2.24. The minimum Gasteiger partial charge on any atom is -0.293 e. The molecule has 4 aromatic rings. The fourth-order valence-corrected chi connectivity index (χ4v) is 4.14. The molecular weight excluding hydrogens is 414 g/mol. The Balaban J connectivity index is 1.75. The normalized spacial score (nSPS) is 10.9. The number of rotatable bonds is 6. The van der Waals surface area contributed by atoms with E-state index < -0.39 is 4.92 Å². The Kier molecular flexibility index (Phi) is 5.64. The van der Waals surface area contributed by atoms with Crippen LogP contribution in [0.25, 0.3) is 16.6 Å². The van der Waals surface area contributed by atoms with Gasteiger partial charge in [-0.05, 0) is 30.7 Å². The molecule has 0 aliphatic heterocycles. The van der Waals surface area contributed by atoms with E-state index in [1.165, 1.54) is 28.8 Å². The number of benzene rings is 3. The zero-order chi connectivity index (χ0) is 22.0. The topological polar surface area (TPSA) is 95.1 Å². The molecule has 0 atom stereocenters. The molecule has 1 aromatic heterocycles. The van der Waals surface area contributed by atoms with E-state index in [0.29, 0.717) is 21.7 Å². The quantitative estimate of drug-likeness (QED) is 0.146. The number of Topliss-reactive ketones (excluding diaryl/α,β-unsaturated/α-hetero) is 1. The number of aryl methyl sites for hydroxylation is 1. The van der Waals surface area contributed by atoms with Crippen LogP contribution in [0.3, 0.4) is 0 Å². The van der Waals surface area contributed by atoms with Gasteiger partial charge in [-0.15, -0.1) is 0 Å². The molecule has 0 spiro atoms. The number of nitrogens with zero attached hydrogens (tertiary/aromatic N) is 3. The summed E-state index contributed by atoms with van der Waals surface area (Å²) in [7, 11) is 0. The van der Waals surface area contributed by atoms with Gasteiger partial charge in [0.25, 0.3) is 11.2 Å². The second kappa shape index (κ2) is 8.53. The third-order valence-electron chi connectivity index (χ3n) is 4.81. The average Bonchev–Trinajstić information content (AvgIpc) is 2.78. The van der Waals surface area contributed by atoms with E-state index in [-0.39, 0.29) is 28.3 Å². The monoisotopic (exact) mass is 431 g/mol. The Bertz CT molecular complexity index is 1380. The average molecular weight is 431 g/mol. The Morgan fingerprint density at radius 1 is 1.06 bits per heavy atom. The molecule has 0 bridgehead atoms. The first kappa shape index (κ1) is 20.5. The van der Waals surface area contributed by atoms with Gasteiger partial charge < -0.3 is 0 Å². The maximum atomic E-state index is 13.3. The summed E-state index contributed by atoms with van der Waals surface area (Å²) in [4.78, 5) is 41.1. The maximum Gasteiger partial charge on any atom is 0.270 e. The second-order valence-corrected chi connectivity index (χ2v) is 7.80. The first-order valence-electron chi connectivity index (χ1n) is 9.44. The van der Waals surface area contributed by atoms with Gasteiger partial charge in [-0.25, -0.2) is 4.98 Å². The molecule has 1 heterocycles. The minimum absolute atomic E-state index is 0.0160. The third-order valence-corrected chi connectivity index (χ3v) is 5.75. The lowest BCUT2D eigenvalue weighted by Gasteiger charge is -2.15. The van der Waals surface area contributed by atoms with E-state index in [0.717, 1.165) is 17.3 Å². The highest BCUT2D eigenvalue weighted by Gasteiger charge is 2.17. The van der Waals surface area contributed by atoms with Crippen LogP contribution in [-0.2, 0) is 0 Å². The number of thioether (sulfide) groups is 1. The van der Waals surface area contributed by atoms with Crippen molar-refractivity contribution in [3.05, 3.63) is 104 Å². The molecule has 0 aliphatic rings. The van der Waals surface area contributed by atoms with Crippen molar-refractivity contribution < 1.29 is 9.72 Å². The van der Waals surface area contributed by atoms with Gasteiger partial charge in [0, 0.05) is 17.7 Å². The van der Waals surface area contributed by atoms with Gasteiger partial charge >= 0.3 is 0 Å². The van der Waals surface area contributed by atoms with Crippen LogP contribution in [-0.4, -0.2) is 26.0 Å². The molecule has 0 N–H and O–H groups in total. The van der Waals surface area contributed by atoms with Crippen LogP contribution in [0.2, 0.25) is 0 Å². The molecule has 0 saturated heterocycles. The smallest absolute Gasteiger partial charge is 0.270 e. The molecule has 0 amide bonds. The number of nitro benzene ring substituents is 1. The SMILES string of the molecule is Cc1ccccc1-n1c(SCC(=O)c2cccc([N+](=O)[O-])c2)nc2ccccc2c1=O. The summed E-state index contributed by atoms with van der Waals surface area (Å²) < 4.78 is 1.52. The number of para-hydroxylation sites is 2. The molecule has 0 aliphatic carbocycles. The number of carbonyl (C=O) groups is 1. The van der Waals surface area contributed by atoms with Crippen LogP contribution in [0.1, 0.15) is 15.9 Å². The third kappa shape index (κ3) is 4.10. The first-order valence-corrected chi connectivity index (χ1v) is 10.4. The zero-order valence-electron chi connectivity index (χ0n) is 16.5. The molecule has 8 heteroatoms. The molecule has 4 rings (SSSR count). The van der Waals surface area contributed by atoms with Gasteiger partial charge in [0.1, 0.15) is 0 Å². The molecule has 154 valence electrons. The van der Waals surface area contributed by atoms with Crippen molar-refractivity contribution in [1.29, 1.82) is 0 Å². The molecule has 0 fully saturated rings. The molecule has 3 aromatic carbocycles. The van der Waals surface area contributed by atoms with Gasteiger partial charge in [0.2, 0.25) is 0 Å². The molecular formula is C23H17N3O4S. The largest absolute Gasteiger partial charge is 0.293 e. The lowest BCUT2D eigenvalue weighted by Crippen LogP contribution is -2.23. The number of carbonyl (C=O) groups excluding carboxylic acids is 1. The van der Waals surface area contributed by atoms with Crippen LogP contribution in [0.15, 0.2) is 82.7 Å². The van der Waals surface area contributed by atoms with E-state index in [2.05, 4.69) is 4.98 Å². The molecule has 0 saturated carbocycles. The molecule has 31 heavy (non-hydrogen) atoms.